The van der Waals surface area contributed by atoms with Crippen LogP contribution in [-0.4, -0.2) is 36.6 Å². The van der Waals surface area contributed by atoms with Crippen molar-refractivity contribution in [1.82, 2.24) is 10.6 Å². The number of aliphatic hydroxyl groups excluding tert-OH is 1. The minimum Gasteiger partial charge on any atom is -0.396 e. The molecule has 0 saturated heterocycles. The Morgan fingerprint density at radius 2 is 1.76 bits per heavy atom. The SMILES string of the molecule is Cc1cc(C)cc(C(=O)NCC(=O)NCC(C)CCO)c1. The Morgan fingerprint density at radius 1 is 1.14 bits per heavy atom. The lowest BCUT2D eigenvalue weighted by Crippen LogP contribution is -2.38. The molecule has 0 spiro atoms. The van der Waals surface area contributed by atoms with Gasteiger partial charge in [-0.1, -0.05) is 24.1 Å². The van der Waals surface area contributed by atoms with Gasteiger partial charge in [0.1, 0.15) is 0 Å². The molecular formula is C16H24N2O3. The number of aryl methyl sites for hydroxylation is 2. The van der Waals surface area contributed by atoms with Gasteiger partial charge in [-0.15, -0.1) is 0 Å². The maximum absolute atomic E-state index is 12.0. The van der Waals surface area contributed by atoms with Gasteiger partial charge in [0.05, 0.1) is 6.54 Å². The van der Waals surface area contributed by atoms with Crippen LogP contribution in [0.25, 0.3) is 0 Å². The van der Waals surface area contributed by atoms with E-state index in [2.05, 4.69) is 10.6 Å². The third-order valence-corrected chi connectivity index (χ3v) is 3.16. The lowest BCUT2D eigenvalue weighted by molar-refractivity contribution is -0.120. The molecule has 1 atom stereocenters. The van der Waals surface area contributed by atoms with Gasteiger partial charge in [0.25, 0.3) is 5.91 Å². The predicted molar refractivity (Wildman–Crippen MR) is 82.1 cm³/mol. The predicted octanol–water partition coefficient (Wildman–Crippen LogP) is 1.17. The van der Waals surface area contributed by atoms with Crippen molar-refractivity contribution in [3.05, 3.63) is 34.9 Å². The van der Waals surface area contributed by atoms with E-state index in [1.54, 1.807) is 12.1 Å². The molecule has 1 rings (SSSR count). The van der Waals surface area contributed by atoms with E-state index in [9.17, 15) is 9.59 Å². The number of hydrogen-bond acceptors (Lipinski definition) is 3. The fourth-order valence-electron chi connectivity index (χ4n) is 2.04. The highest BCUT2D eigenvalue weighted by atomic mass is 16.3. The fourth-order valence-corrected chi connectivity index (χ4v) is 2.04. The molecular weight excluding hydrogens is 268 g/mol. The van der Waals surface area contributed by atoms with E-state index in [0.717, 1.165) is 11.1 Å². The van der Waals surface area contributed by atoms with Crippen molar-refractivity contribution < 1.29 is 14.7 Å². The minimum absolute atomic E-state index is 0.0440. The molecule has 0 heterocycles. The molecule has 1 aromatic rings. The Kier molecular flexibility index (Phi) is 6.88. The Balaban J connectivity index is 2.40. The molecule has 0 aliphatic carbocycles. The van der Waals surface area contributed by atoms with Crippen LogP contribution in [0, 0.1) is 19.8 Å². The van der Waals surface area contributed by atoms with Crippen LogP contribution in [0.3, 0.4) is 0 Å². The first-order valence-electron chi connectivity index (χ1n) is 7.16. The van der Waals surface area contributed by atoms with E-state index in [1.807, 2.05) is 26.8 Å². The number of amides is 2. The number of benzene rings is 1. The zero-order chi connectivity index (χ0) is 15.8. The summed E-state index contributed by atoms with van der Waals surface area (Å²) in [6.07, 6.45) is 0.648. The number of hydrogen-bond donors (Lipinski definition) is 3. The first-order chi connectivity index (χ1) is 9.92. The lowest BCUT2D eigenvalue weighted by Gasteiger charge is -2.12. The van der Waals surface area contributed by atoms with E-state index < -0.39 is 0 Å². The van der Waals surface area contributed by atoms with E-state index in [-0.39, 0.29) is 30.9 Å². The molecule has 3 N–H and O–H groups in total. The summed E-state index contributed by atoms with van der Waals surface area (Å²) in [6.45, 7) is 6.37. The highest BCUT2D eigenvalue weighted by Gasteiger charge is 2.09. The van der Waals surface area contributed by atoms with Gasteiger partial charge in [0.2, 0.25) is 5.91 Å². The molecule has 0 fully saturated rings. The highest BCUT2D eigenvalue weighted by molar-refractivity contribution is 5.96. The van der Waals surface area contributed by atoms with Gasteiger partial charge in [-0.25, -0.2) is 0 Å². The average molecular weight is 292 g/mol. The number of aliphatic hydroxyl groups is 1. The van der Waals surface area contributed by atoms with Gasteiger partial charge in [0, 0.05) is 18.7 Å². The third-order valence-electron chi connectivity index (χ3n) is 3.16. The van der Waals surface area contributed by atoms with Gasteiger partial charge in [-0.2, -0.15) is 0 Å². The van der Waals surface area contributed by atoms with Crippen molar-refractivity contribution in [3.63, 3.8) is 0 Å². The third kappa shape index (κ3) is 6.40. The largest absolute Gasteiger partial charge is 0.396 e. The summed E-state index contributed by atoms with van der Waals surface area (Å²) in [7, 11) is 0. The first-order valence-corrected chi connectivity index (χ1v) is 7.16. The lowest BCUT2D eigenvalue weighted by atomic mass is 10.1. The van der Waals surface area contributed by atoms with Crippen LogP contribution in [0.2, 0.25) is 0 Å². The summed E-state index contributed by atoms with van der Waals surface area (Å²) in [4.78, 5) is 23.6. The van der Waals surface area contributed by atoms with Crippen molar-refractivity contribution in [3.8, 4) is 0 Å². The first kappa shape index (κ1) is 17.2. The molecule has 0 aliphatic heterocycles. The van der Waals surface area contributed by atoms with E-state index in [0.29, 0.717) is 18.5 Å². The van der Waals surface area contributed by atoms with Gasteiger partial charge < -0.3 is 15.7 Å². The molecule has 21 heavy (non-hydrogen) atoms. The van der Waals surface area contributed by atoms with E-state index in [4.69, 9.17) is 5.11 Å². The summed E-state index contributed by atoms with van der Waals surface area (Å²) in [6, 6.07) is 5.58. The molecule has 0 aliphatic rings. The van der Waals surface area contributed by atoms with Crippen molar-refractivity contribution in [1.29, 1.82) is 0 Å². The zero-order valence-corrected chi connectivity index (χ0v) is 12.9. The molecule has 5 nitrogen and oxygen atoms in total. The quantitative estimate of drug-likeness (QED) is 0.706. The van der Waals surface area contributed by atoms with Gasteiger partial charge in [-0.3, -0.25) is 9.59 Å². The number of carbonyl (C=O) groups excluding carboxylic acids is 2. The average Bonchev–Trinajstić information content (AvgIpc) is 2.41. The Morgan fingerprint density at radius 3 is 2.33 bits per heavy atom. The van der Waals surface area contributed by atoms with Crippen molar-refractivity contribution >= 4 is 11.8 Å². The van der Waals surface area contributed by atoms with Crippen molar-refractivity contribution in [2.24, 2.45) is 5.92 Å². The minimum atomic E-state index is -0.250. The Hall–Kier alpha value is -1.88. The van der Waals surface area contributed by atoms with Gasteiger partial charge >= 0.3 is 0 Å². The smallest absolute Gasteiger partial charge is 0.251 e. The van der Waals surface area contributed by atoms with Crippen molar-refractivity contribution in [2.45, 2.75) is 27.2 Å². The van der Waals surface area contributed by atoms with Crippen molar-refractivity contribution in [2.75, 3.05) is 19.7 Å². The highest BCUT2D eigenvalue weighted by Crippen LogP contribution is 2.08. The molecule has 0 aromatic heterocycles. The second-order valence-corrected chi connectivity index (χ2v) is 5.48. The molecule has 5 heteroatoms. The summed E-state index contributed by atoms with van der Waals surface area (Å²) in [5.41, 5.74) is 2.60. The van der Waals surface area contributed by atoms with Crippen LogP contribution in [0.4, 0.5) is 0 Å². The number of nitrogens with one attached hydrogen (secondary N) is 2. The zero-order valence-electron chi connectivity index (χ0n) is 12.9. The van der Waals surface area contributed by atoms with Crippen LogP contribution in [0.15, 0.2) is 18.2 Å². The van der Waals surface area contributed by atoms with Crippen LogP contribution >= 0.6 is 0 Å². The van der Waals surface area contributed by atoms with E-state index >= 15 is 0 Å². The molecule has 1 unspecified atom stereocenters. The normalized spacial score (nSPS) is 11.8. The second-order valence-electron chi connectivity index (χ2n) is 5.48. The molecule has 0 radical (unpaired) electrons. The van der Waals surface area contributed by atoms with E-state index in [1.165, 1.54) is 0 Å². The maximum atomic E-state index is 12.0. The fraction of sp³-hybridized carbons (Fsp3) is 0.500. The van der Waals surface area contributed by atoms with Crippen LogP contribution in [-0.2, 0) is 4.79 Å². The molecule has 0 bridgehead atoms. The van der Waals surface area contributed by atoms with Gasteiger partial charge in [-0.05, 0) is 38.3 Å². The van der Waals surface area contributed by atoms with Crippen LogP contribution < -0.4 is 10.6 Å². The Bertz CT molecular complexity index is 480. The summed E-state index contributed by atoms with van der Waals surface area (Å²) >= 11 is 0. The topological polar surface area (TPSA) is 78.4 Å². The molecule has 0 saturated carbocycles. The molecule has 116 valence electrons. The summed E-state index contributed by atoms with van der Waals surface area (Å²) < 4.78 is 0. The summed E-state index contributed by atoms with van der Waals surface area (Å²) in [5, 5.41) is 14.1. The van der Waals surface area contributed by atoms with Crippen LogP contribution in [0.5, 0.6) is 0 Å². The number of rotatable bonds is 7. The molecule has 1 aromatic carbocycles. The summed E-state index contributed by atoms with van der Waals surface area (Å²) in [5.74, 6) is -0.257. The second kappa shape index (κ2) is 8.42. The molecule has 2 amide bonds. The number of carbonyl (C=O) groups is 2. The van der Waals surface area contributed by atoms with Gasteiger partial charge in [0.15, 0.2) is 0 Å². The maximum Gasteiger partial charge on any atom is 0.251 e. The standard InChI is InChI=1S/C16H24N2O3/c1-11(4-5-19)9-17-15(20)10-18-16(21)14-7-12(2)6-13(3)8-14/h6-8,11,19H,4-5,9-10H2,1-3H3,(H,17,20)(H,18,21). The monoisotopic (exact) mass is 292 g/mol. The van der Waals surface area contributed by atoms with Crippen LogP contribution in [0.1, 0.15) is 34.8 Å². The Labute approximate surface area is 125 Å².